The summed E-state index contributed by atoms with van der Waals surface area (Å²) in [7, 11) is 0. The predicted molar refractivity (Wildman–Crippen MR) is 199 cm³/mol. The van der Waals surface area contributed by atoms with Crippen molar-refractivity contribution in [3.8, 4) is 22.3 Å². The van der Waals surface area contributed by atoms with Gasteiger partial charge in [-0.05, 0) is 107 Å². The zero-order valence-electron chi connectivity index (χ0n) is 24.4. The molecule has 48 heavy (non-hydrogen) atoms. The highest BCUT2D eigenvalue weighted by Gasteiger charge is 2.31. The molecule has 0 aliphatic heterocycles. The Morgan fingerprint density at radius 3 is 0.958 bits per heavy atom. The molecule has 0 heterocycles. The molecule has 6 rings (SSSR count). The van der Waals surface area contributed by atoms with Crippen LogP contribution in [-0.2, 0) is 0 Å². The van der Waals surface area contributed by atoms with Crippen LogP contribution in [0.5, 0.6) is 0 Å². The van der Waals surface area contributed by atoms with Crippen molar-refractivity contribution >= 4 is 98.0 Å². The fourth-order valence-electron chi connectivity index (χ4n) is 5.67. The Morgan fingerprint density at radius 1 is 0.417 bits per heavy atom. The first kappa shape index (κ1) is 33.7. The van der Waals surface area contributed by atoms with Gasteiger partial charge in [0.1, 0.15) is 0 Å². The van der Waals surface area contributed by atoms with Gasteiger partial charge in [-0.1, -0.05) is 88.0 Å². The summed E-state index contributed by atoms with van der Waals surface area (Å²) in [6, 6.07) is 29.7. The second kappa shape index (κ2) is 13.7. The fourth-order valence-corrected chi connectivity index (χ4v) is 6.73. The maximum Gasteiger partial charge on any atom is 0.336 e. The quantitative estimate of drug-likeness (QED) is 0.147. The Labute approximate surface area is 308 Å². The van der Waals surface area contributed by atoms with E-state index in [1.165, 1.54) is 12.1 Å². The number of hydrogen-bond donors (Lipinski definition) is 2. The average molecular weight is 892 g/mol. The van der Waals surface area contributed by atoms with Crippen molar-refractivity contribution in [2.45, 2.75) is 0 Å². The van der Waals surface area contributed by atoms with E-state index in [2.05, 4.69) is 63.7 Å². The predicted octanol–water partition coefficient (Wildman–Crippen LogP) is 11.1. The second-order valence-electron chi connectivity index (χ2n) is 10.7. The molecule has 0 amide bonds. The van der Waals surface area contributed by atoms with Crippen LogP contribution in [0.4, 0.5) is 0 Å². The van der Waals surface area contributed by atoms with Gasteiger partial charge in [0.2, 0.25) is 0 Å². The van der Waals surface area contributed by atoms with Crippen LogP contribution in [0, 0.1) is 0 Å². The number of hydrogen-bond acceptors (Lipinski definition) is 4. The Balaban J connectivity index is 1.84. The van der Waals surface area contributed by atoms with E-state index >= 15 is 0 Å². The number of carbonyl (C=O) groups excluding carboxylic acids is 2. The number of carbonyl (C=O) groups is 4. The standard InChI is InChI=1S/C38H20Br4O6/c39-23-9-1-19(2-10-23)31-27-17-30(38(47)48)34(36(44)22-7-15-26(42)16-8-22)32(20-3-11-24(40)12-4-20)28(27)18-29(37(45)46)33(31)35(43)21-5-13-25(41)14-6-21/h1-18H,(H,45,46)(H,47,48). The Kier molecular flexibility index (Phi) is 9.62. The van der Waals surface area contributed by atoms with Crippen LogP contribution in [0.3, 0.4) is 0 Å². The van der Waals surface area contributed by atoms with Gasteiger partial charge < -0.3 is 10.2 Å². The lowest BCUT2D eigenvalue weighted by atomic mass is 9.80. The molecule has 6 nitrogen and oxygen atoms in total. The van der Waals surface area contributed by atoms with E-state index in [1.807, 2.05) is 0 Å². The van der Waals surface area contributed by atoms with Crippen LogP contribution >= 0.6 is 63.7 Å². The Morgan fingerprint density at radius 2 is 0.688 bits per heavy atom. The molecule has 10 heteroatoms. The molecule has 6 aromatic rings. The minimum atomic E-state index is -1.36. The van der Waals surface area contributed by atoms with Gasteiger partial charge in [0.25, 0.3) is 0 Å². The third kappa shape index (κ3) is 6.45. The highest BCUT2D eigenvalue weighted by Crippen LogP contribution is 2.44. The molecular weight excluding hydrogens is 872 g/mol. The average Bonchev–Trinajstić information content (AvgIpc) is 3.07. The zero-order valence-corrected chi connectivity index (χ0v) is 30.8. The summed E-state index contributed by atoms with van der Waals surface area (Å²) >= 11 is 13.6. The van der Waals surface area contributed by atoms with Gasteiger partial charge in [0.05, 0.1) is 11.1 Å². The first-order valence-electron chi connectivity index (χ1n) is 14.2. The van der Waals surface area contributed by atoms with E-state index in [4.69, 9.17) is 0 Å². The molecule has 0 radical (unpaired) electrons. The first-order valence-corrected chi connectivity index (χ1v) is 17.4. The van der Waals surface area contributed by atoms with Crippen molar-refractivity contribution in [3.63, 3.8) is 0 Å². The normalized spacial score (nSPS) is 11.0. The largest absolute Gasteiger partial charge is 0.478 e. The third-order valence-electron chi connectivity index (χ3n) is 7.84. The van der Waals surface area contributed by atoms with E-state index < -0.39 is 23.5 Å². The minimum absolute atomic E-state index is 0.107. The molecule has 0 bridgehead atoms. The molecule has 2 N–H and O–H groups in total. The smallest absolute Gasteiger partial charge is 0.336 e. The van der Waals surface area contributed by atoms with Crippen LogP contribution in [-0.4, -0.2) is 33.7 Å². The van der Waals surface area contributed by atoms with Crippen molar-refractivity contribution in [2.24, 2.45) is 0 Å². The number of carboxylic acids is 2. The SMILES string of the molecule is O=C(O)c1cc2c(-c3ccc(Br)cc3)c(C(=O)c3ccc(Br)cc3)c(C(=O)O)cc2c(-c2ccc(Br)cc2)c1C(=O)c1ccc(Br)cc1. The molecule has 0 aromatic heterocycles. The number of ketones is 2. The van der Waals surface area contributed by atoms with Crippen molar-refractivity contribution < 1.29 is 29.4 Å². The Hall–Kier alpha value is -4.22. The van der Waals surface area contributed by atoms with Gasteiger partial charge in [0.15, 0.2) is 11.6 Å². The van der Waals surface area contributed by atoms with Crippen LogP contribution in [0.1, 0.15) is 52.6 Å². The summed E-state index contributed by atoms with van der Waals surface area (Å²) in [5.41, 5.74) is 1.11. The first-order chi connectivity index (χ1) is 22.9. The molecule has 0 unspecified atom stereocenters. The number of benzene rings is 6. The van der Waals surface area contributed by atoms with Crippen LogP contribution < -0.4 is 0 Å². The highest BCUT2D eigenvalue weighted by molar-refractivity contribution is 9.11. The van der Waals surface area contributed by atoms with Gasteiger partial charge in [-0.15, -0.1) is 0 Å². The van der Waals surface area contributed by atoms with Gasteiger partial charge in [-0.25, -0.2) is 9.59 Å². The lowest BCUT2D eigenvalue weighted by Gasteiger charge is -2.22. The second-order valence-corrected chi connectivity index (χ2v) is 14.4. The molecule has 0 spiro atoms. The van der Waals surface area contributed by atoms with E-state index in [1.54, 1.807) is 97.1 Å². The molecule has 0 saturated heterocycles. The topological polar surface area (TPSA) is 109 Å². The summed E-state index contributed by atoms with van der Waals surface area (Å²) < 4.78 is 2.96. The van der Waals surface area contributed by atoms with E-state index in [-0.39, 0.29) is 44.5 Å². The number of carboxylic acid groups (broad SMARTS) is 2. The van der Waals surface area contributed by atoms with E-state index in [0.717, 1.165) is 17.9 Å². The van der Waals surface area contributed by atoms with Crippen LogP contribution in [0.2, 0.25) is 0 Å². The van der Waals surface area contributed by atoms with Crippen molar-refractivity contribution in [2.75, 3.05) is 0 Å². The molecule has 0 fully saturated rings. The maximum atomic E-state index is 14.3. The van der Waals surface area contributed by atoms with Crippen LogP contribution in [0.25, 0.3) is 33.0 Å². The molecule has 0 aliphatic rings. The zero-order chi connectivity index (χ0) is 34.3. The van der Waals surface area contributed by atoms with Gasteiger partial charge in [-0.3, -0.25) is 9.59 Å². The molecule has 0 aliphatic carbocycles. The molecular formula is C38H20Br4O6. The van der Waals surface area contributed by atoms with Crippen molar-refractivity contribution in [1.29, 1.82) is 0 Å². The van der Waals surface area contributed by atoms with Crippen molar-refractivity contribution in [3.05, 3.63) is 160 Å². The summed E-state index contributed by atoms with van der Waals surface area (Å²) in [5, 5.41) is 21.9. The molecule has 0 saturated carbocycles. The maximum absolute atomic E-state index is 14.3. The number of aromatic carboxylic acids is 2. The van der Waals surface area contributed by atoms with Gasteiger partial charge >= 0.3 is 11.9 Å². The third-order valence-corrected chi connectivity index (χ3v) is 9.95. The lowest BCUT2D eigenvalue weighted by Crippen LogP contribution is -2.15. The summed E-state index contributed by atoms with van der Waals surface area (Å²) in [6.07, 6.45) is 0. The molecule has 6 aromatic carbocycles. The van der Waals surface area contributed by atoms with E-state index in [0.29, 0.717) is 21.9 Å². The Bertz CT molecular complexity index is 2110. The molecule has 0 atom stereocenters. The summed E-state index contributed by atoms with van der Waals surface area (Å²) in [4.78, 5) is 54.8. The molecule has 236 valence electrons. The van der Waals surface area contributed by atoms with Gasteiger partial charge in [-0.2, -0.15) is 0 Å². The van der Waals surface area contributed by atoms with E-state index in [9.17, 15) is 29.4 Å². The monoisotopic (exact) mass is 888 g/mol. The minimum Gasteiger partial charge on any atom is -0.478 e. The number of rotatable bonds is 8. The van der Waals surface area contributed by atoms with Crippen molar-refractivity contribution in [1.82, 2.24) is 0 Å². The van der Waals surface area contributed by atoms with Gasteiger partial charge in [0, 0.05) is 51.3 Å². The number of fused-ring (bicyclic) bond motifs is 1. The number of halogens is 4. The summed E-state index contributed by atoms with van der Waals surface area (Å²) in [5.74, 6) is -3.84. The fraction of sp³-hybridized carbons (Fsp3) is 0. The highest BCUT2D eigenvalue weighted by atomic mass is 79.9. The lowest BCUT2D eigenvalue weighted by molar-refractivity contribution is 0.0683. The van der Waals surface area contributed by atoms with Crippen LogP contribution in [0.15, 0.2) is 127 Å². The summed E-state index contributed by atoms with van der Waals surface area (Å²) in [6.45, 7) is 0.